The number of sulfonamides is 1. The van der Waals surface area contributed by atoms with E-state index in [1.54, 1.807) is 38.1 Å². The highest BCUT2D eigenvalue weighted by atomic mass is 35.5. The first-order valence-corrected chi connectivity index (χ1v) is 8.98. The molecule has 2 aromatic carbocycles. The lowest BCUT2D eigenvalue weighted by atomic mass is 10.1. The van der Waals surface area contributed by atoms with Crippen molar-refractivity contribution >= 4 is 39.3 Å². The van der Waals surface area contributed by atoms with Crippen molar-refractivity contribution in [1.29, 1.82) is 0 Å². The molecular formula is C17H17ClN2O3S. The molecular weight excluding hydrogens is 348 g/mol. The van der Waals surface area contributed by atoms with Gasteiger partial charge in [-0.3, -0.25) is 4.79 Å². The first-order valence-electron chi connectivity index (χ1n) is 7.06. The quantitative estimate of drug-likeness (QED) is 0.816. The summed E-state index contributed by atoms with van der Waals surface area (Å²) in [5.41, 5.74) is 2.59. The predicted molar refractivity (Wildman–Crippen MR) is 96.4 cm³/mol. The molecule has 2 rings (SSSR count). The monoisotopic (exact) mass is 364 g/mol. The summed E-state index contributed by atoms with van der Waals surface area (Å²) in [6.45, 7) is 3.54. The van der Waals surface area contributed by atoms with Gasteiger partial charge in [0.05, 0.1) is 4.90 Å². The van der Waals surface area contributed by atoms with Gasteiger partial charge >= 0.3 is 0 Å². The fraction of sp³-hybridized carbons (Fsp3) is 0.118. The van der Waals surface area contributed by atoms with Gasteiger partial charge in [-0.2, -0.15) is 0 Å². The summed E-state index contributed by atoms with van der Waals surface area (Å²) >= 11 is 6.02. The average Bonchev–Trinajstić information content (AvgIpc) is 2.50. The van der Waals surface area contributed by atoms with Crippen molar-refractivity contribution in [3.63, 3.8) is 0 Å². The lowest BCUT2D eigenvalue weighted by Crippen LogP contribution is -2.15. The van der Waals surface area contributed by atoms with E-state index in [2.05, 4.69) is 5.32 Å². The number of amides is 1. The number of anilines is 1. The Morgan fingerprint density at radius 2 is 1.88 bits per heavy atom. The van der Waals surface area contributed by atoms with E-state index in [1.165, 1.54) is 18.2 Å². The minimum absolute atomic E-state index is 0.0454. The van der Waals surface area contributed by atoms with Crippen molar-refractivity contribution in [2.75, 3.05) is 5.32 Å². The lowest BCUT2D eigenvalue weighted by molar-refractivity contribution is -0.111. The van der Waals surface area contributed by atoms with Gasteiger partial charge < -0.3 is 5.32 Å². The highest BCUT2D eigenvalue weighted by Crippen LogP contribution is 2.23. The molecule has 0 aliphatic carbocycles. The number of primary sulfonamides is 1. The maximum atomic E-state index is 12.1. The molecule has 0 atom stereocenters. The minimum Gasteiger partial charge on any atom is -0.322 e. The number of rotatable bonds is 4. The van der Waals surface area contributed by atoms with Crippen molar-refractivity contribution in [1.82, 2.24) is 0 Å². The molecule has 0 saturated carbocycles. The van der Waals surface area contributed by atoms with E-state index in [9.17, 15) is 13.2 Å². The molecule has 0 saturated heterocycles. The molecule has 0 spiro atoms. The minimum atomic E-state index is -3.85. The Labute approximate surface area is 146 Å². The van der Waals surface area contributed by atoms with Crippen LogP contribution in [0.25, 0.3) is 6.08 Å². The fourth-order valence-corrected chi connectivity index (χ4v) is 2.89. The fourth-order valence-electron chi connectivity index (χ4n) is 2.07. The Hall–Kier alpha value is -2.15. The van der Waals surface area contributed by atoms with Crippen LogP contribution in [0.3, 0.4) is 0 Å². The standard InChI is InChI=1S/C17H17ClN2O3S/c1-11-9-14(24(19,22)23)10-16(12(11)2)20-17(21)8-7-13-5-3-4-6-15(13)18/h3-10H,1-2H3,(H,20,21)(H2,19,22,23)/b8-7+. The molecule has 0 bridgehead atoms. The van der Waals surface area contributed by atoms with Crippen molar-refractivity contribution < 1.29 is 13.2 Å². The summed E-state index contributed by atoms with van der Waals surface area (Å²) in [5.74, 6) is -0.399. The number of hydrogen-bond donors (Lipinski definition) is 2. The van der Waals surface area contributed by atoms with Crippen LogP contribution in [0.15, 0.2) is 47.4 Å². The van der Waals surface area contributed by atoms with Crippen molar-refractivity contribution in [2.45, 2.75) is 18.7 Å². The zero-order valence-electron chi connectivity index (χ0n) is 13.2. The molecule has 0 unspecified atom stereocenters. The zero-order valence-corrected chi connectivity index (χ0v) is 14.8. The second-order valence-corrected chi connectivity index (χ2v) is 7.27. The number of nitrogens with two attached hydrogens (primary N) is 1. The third-order valence-electron chi connectivity index (χ3n) is 3.55. The normalized spacial score (nSPS) is 11.7. The molecule has 0 fully saturated rings. The highest BCUT2D eigenvalue weighted by molar-refractivity contribution is 7.89. The van der Waals surface area contributed by atoms with Gasteiger partial charge in [0.1, 0.15) is 0 Å². The van der Waals surface area contributed by atoms with Crippen molar-refractivity contribution in [2.24, 2.45) is 5.14 Å². The van der Waals surface area contributed by atoms with E-state index >= 15 is 0 Å². The molecule has 126 valence electrons. The summed E-state index contributed by atoms with van der Waals surface area (Å²) < 4.78 is 23.0. The second-order valence-electron chi connectivity index (χ2n) is 5.30. The van der Waals surface area contributed by atoms with Crippen LogP contribution in [0.5, 0.6) is 0 Å². The molecule has 0 radical (unpaired) electrons. The largest absolute Gasteiger partial charge is 0.322 e. The maximum absolute atomic E-state index is 12.1. The van der Waals surface area contributed by atoms with Crippen LogP contribution >= 0.6 is 11.6 Å². The van der Waals surface area contributed by atoms with E-state index < -0.39 is 15.9 Å². The first kappa shape index (κ1) is 18.2. The van der Waals surface area contributed by atoms with Crippen LogP contribution in [0.4, 0.5) is 5.69 Å². The predicted octanol–water partition coefficient (Wildman–Crippen LogP) is 3.26. The van der Waals surface area contributed by atoms with Gasteiger partial charge in [-0.25, -0.2) is 13.6 Å². The smallest absolute Gasteiger partial charge is 0.248 e. The molecule has 1 amide bonds. The molecule has 0 aliphatic heterocycles. The van der Waals surface area contributed by atoms with E-state index in [1.807, 2.05) is 6.07 Å². The lowest BCUT2D eigenvalue weighted by Gasteiger charge is -2.11. The molecule has 0 aromatic heterocycles. The van der Waals surface area contributed by atoms with Gasteiger partial charge in [-0.15, -0.1) is 0 Å². The van der Waals surface area contributed by atoms with Crippen molar-refractivity contribution in [3.8, 4) is 0 Å². The Morgan fingerprint density at radius 1 is 1.21 bits per heavy atom. The number of hydrogen-bond acceptors (Lipinski definition) is 3. The molecule has 5 nitrogen and oxygen atoms in total. The first-order chi connectivity index (χ1) is 11.2. The van der Waals surface area contributed by atoms with Crippen LogP contribution in [-0.4, -0.2) is 14.3 Å². The highest BCUT2D eigenvalue weighted by Gasteiger charge is 2.13. The third kappa shape index (κ3) is 4.44. The molecule has 2 aromatic rings. The van der Waals surface area contributed by atoms with Gasteiger partial charge in [0.25, 0.3) is 0 Å². The Kier molecular flexibility index (Phi) is 5.43. The number of aryl methyl sites for hydroxylation is 1. The van der Waals surface area contributed by atoms with Crippen LogP contribution in [0.2, 0.25) is 5.02 Å². The topological polar surface area (TPSA) is 89.3 Å². The van der Waals surface area contributed by atoms with Gasteiger partial charge in [-0.05, 0) is 54.8 Å². The Morgan fingerprint density at radius 3 is 2.50 bits per heavy atom. The van der Waals surface area contributed by atoms with Gasteiger partial charge in [-0.1, -0.05) is 29.8 Å². The van der Waals surface area contributed by atoms with Crippen molar-refractivity contribution in [3.05, 3.63) is 64.2 Å². The SMILES string of the molecule is Cc1cc(S(N)(=O)=O)cc(NC(=O)/C=C/c2ccccc2Cl)c1C. The Bertz CT molecular complexity index is 921. The van der Waals surface area contributed by atoms with Crippen LogP contribution in [0, 0.1) is 13.8 Å². The molecule has 0 heterocycles. The van der Waals surface area contributed by atoms with Gasteiger partial charge in [0.2, 0.25) is 15.9 Å². The number of nitrogens with one attached hydrogen (secondary N) is 1. The number of benzene rings is 2. The van der Waals surface area contributed by atoms with Gasteiger partial charge in [0, 0.05) is 16.8 Å². The van der Waals surface area contributed by atoms with E-state index in [-0.39, 0.29) is 4.90 Å². The summed E-state index contributed by atoms with van der Waals surface area (Å²) in [7, 11) is -3.85. The summed E-state index contributed by atoms with van der Waals surface area (Å²) in [4.78, 5) is 12.1. The molecule has 7 heteroatoms. The molecule has 3 N–H and O–H groups in total. The number of halogens is 1. The van der Waals surface area contributed by atoms with E-state index in [0.29, 0.717) is 21.8 Å². The summed E-state index contributed by atoms with van der Waals surface area (Å²) in [6, 6.07) is 9.93. The van der Waals surface area contributed by atoms with Gasteiger partial charge in [0.15, 0.2) is 0 Å². The summed E-state index contributed by atoms with van der Waals surface area (Å²) in [6.07, 6.45) is 2.92. The van der Waals surface area contributed by atoms with Crippen LogP contribution < -0.4 is 10.5 Å². The molecule has 24 heavy (non-hydrogen) atoms. The Balaban J connectivity index is 2.26. The molecule has 0 aliphatic rings. The number of carbonyl (C=O) groups is 1. The average molecular weight is 365 g/mol. The van der Waals surface area contributed by atoms with E-state index in [4.69, 9.17) is 16.7 Å². The van der Waals surface area contributed by atoms with E-state index in [0.717, 1.165) is 5.56 Å². The maximum Gasteiger partial charge on any atom is 0.248 e. The number of carbonyl (C=O) groups excluding carboxylic acids is 1. The van der Waals surface area contributed by atoms with Crippen LogP contribution in [-0.2, 0) is 14.8 Å². The third-order valence-corrected chi connectivity index (χ3v) is 4.78. The summed E-state index contributed by atoms with van der Waals surface area (Å²) in [5, 5.41) is 8.35. The zero-order chi connectivity index (χ0) is 17.9. The van der Waals surface area contributed by atoms with Crippen LogP contribution in [0.1, 0.15) is 16.7 Å². The second kappa shape index (κ2) is 7.17.